The fourth-order valence-corrected chi connectivity index (χ4v) is 1.42. The van der Waals surface area contributed by atoms with E-state index in [4.69, 9.17) is 0 Å². The lowest BCUT2D eigenvalue weighted by Gasteiger charge is -2.05. The lowest BCUT2D eigenvalue weighted by Crippen LogP contribution is -2.08. The summed E-state index contributed by atoms with van der Waals surface area (Å²) in [5.74, 6) is -0.0679. The number of carbonyl (C=O) groups excluding carboxylic acids is 1. The summed E-state index contributed by atoms with van der Waals surface area (Å²) >= 11 is 0. The number of hydrogen-bond acceptors (Lipinski definition) is 3. The highest BCUT2D eigenvalue weighted by atomic mass is 16.2. The molecule has 4 nitrogen and oxygen atoms in total. The average molecular weight is 189 g/mol. The molecule has 1 amide bonds. The molecule has 1 aromatic heterocycles. The second-order valence-corrected chi connectivity index (χ2v) is 3.38. The van der Waals surface area contributed by atoms with Gasteiger partial charge in [0.05, 0.1) is 11.3 Å². The quantitative estimate of drug-likeness (QED) is 0.668. The van der Waals surface area contributed by atoms with Gasteiger partial charge in [0.15, 0.2) is 0 Å². The Kier molecular flexibility index (Phi) is 1.96. The molecule has 0 aromatic carbocycles. The number of nitrogens with one attached hydrogen (secondary N) is 1. The van der Waals surface area contributed by atoms with Gasteiger partial charge in [-0.3, -0.25) is 9.78 Å². The minimum absolute atomic E-state index is 0.0679. The molecule has 0 atom stereocenters. The van der Waals surface area contributed by atoms with Crippen molar-refractivity contribution in [2.45, 2.75) is 0 Å². The van der Waals surface area contributed by atoms with Gasteiger partial charge in [-0.25, -0.2) is 0 Å². The van der Waals surface area contributed by atoms with Crippen molar-refractivity contribution < 1.29 is 4.79 Å². The van der Waals surface area contributed by atoms with Crippen LogP contribution in [0.2, 0.25) is 0 Å². The Bertz CT molecular complexity index is 410. The standard InChI is InChI=1S/C10H11N3O/c1-13(2)6-8-7-5-11-4-3-9(7)12-10(8)14/h3-6H,1-2H3,(H,12,14). The van der Waals surface area contributed by atoms with E-state index >= 15 is 0 Å². The maximum absolute atomic E-state index is 11.5. The van der Waals surface area contributed by atoms with Gasteiger partial charge in [0, 0.05) is 38.3 Å². The van der Waals surface area contributed by atoms with Gasteiger partial charge in [-0.1, -0.05) is 0 Å². The van der Waals surface area contributed by atoms with Crippen LogP contribution in [-0.4, -0.2) is 29.9 Å². The van der Waals surface area contributed by atoms with E-state index < -0.39 is 0 Å². The van der Waals surface area contributed by atoms with E-state index in [1.807, 2.05) is 19.0 Å². The third-order valence-electron chi connectivity index (χ3n) is 1.99. The lowest BCUT2D eigenvalue weighted by molar-refractivity contribution is -0.110. The molecule has 0 saturated heterocycles. The average Bonchev–Trinajstić information content (AvgIpc) is 2.43. The number of fused-ring (bicyclic) bond motifs is 1. The highest BCUT2D eigenvalue weighted by molar-refractivity contribution is 6.31. The van der Waals surface area contributed by atoms with E-state index in [2.05, 4.69) is 10.3 Å². The third kappa shape index (κ3) is 1.35. The predicted octanol–water partition coefficient (Wildman–Crippen LogP) is 0.936. The zero-order valence-electron chi connectivity index (χ0n) is 8.11. The summed E-state index contributed by atoms with van der Waals surface area (Å²) in [5.41, 5.74) is 2.36. The number of hydrogen-bond donors (Lipinski definition) is 1. The number of aromatic nitrogens is 1. The summed E-state index contributed by atoms with van der Waals surface area (Å²) in [5, 5.41) is 2.78. The molecule has 0 bridgehead atoms. The summed E-state index contributed by atoms with van der Waals surface area (Å²) in [4.78, 5) is 17.4. The van der Waals surface area contributed by atoms with Crippen LogP contribution < -0.4 is 5.32 Å². The van der Waals surface area contributed by atoms with Gasteiger partial charge in [0.1, 0.15) is 0 Å². The van der Waals surface area contributed by atoms with Crippen molar-refractivity contribution in [1.82, 2.24) is 9.88 Å². The highest BCUT2D eigenvalue weighted by Gasteiger charge is 2.23. The van der Waals surface area contributed by atoms with Gasteiger partial charge in [-0.15, -0.1) is 0 Å². The second-order valence-electron chi connectivity index (χ2n) is 3.38. The first-order chi connectivity index (χ1) is 6.68. The van der Waals surface area contributed by atoms with Crippen LogP contribution in [0.5, 0.6) is 0 Å². The van der Waals surface area contributed by atoms with Crippen molar-refractivity contribution in [1.29, 1.82) is 0 Å². The van der Waals surface area contributed by atoms with Crippen molar-refractivity contribution in [2.24, 2.45) is 0 Å². The minimum Gasteiger partial charge on any atom is -0.383 e. The molecule has 0 aliphatic carbocycles. The van der Waals surface area contributed by atoms with E-state index in [0.717, 1.165) is 11.3 Å². The molecule has 0 saturated carbocycles. The molecule has 0 fully saturated rings. The van der Waals surface area contributed by atoms with Gasteiger partial charge in [0.2, 0.25) is 0 Å². The van der Waals surface area contributed by atoms with Gasteiger partial charge in [-0.05, 0) is 6.07 Å². The highest BCUT2D eigenvalue weighted by Crippen LogP contribution is 2.30. The summed E-state index contributed by atoms with van der Waals surface area (Å²) in [6, 6.07) is 1.80. The summed E-state index contributed by atoms with van der Waals surface area (Å²) in [6.45, 7) is 0. The molecule has 14 heavy (non-hydrogen) atoms. The number of rotatable bonds is 1. The lowest BCUT2D eigenvalue weighted by atomic mass is 10.1. The van der Waals surface area contributed by atoms with Crippen molar-refractivity contribution in [3.05, 3.63) is 30.2 Å². The molecule has 1 aliphatic heterocycles. The van der Waals surface area contributed by atoms with E-state index in [-0.39, 0.29) is 5.91 Å². The number of nitrogens with zero attached hydrogens (tertiary/aromatic N) is 2. The second kappa shape index (κ2) is 3.14. The van der Waals surface area contributed by atoms with Crippen LogP contribution in [0, 0.1) is 0 Å². The Hall–Kier alpha value is -1.84. The van der Waals surface area contributed by atoms with Crippen LogP contribution in [0.25, 0.3) is 5.57 Å². The molecule has 1 N–H and O–H groups in total. The van der Waals surface area contributed by atoms with Crippen molar-refractivity contribution in [3.63, 3.8) is 0 Å². The molecular formula is C10H11N3O. The summed E-state index contributed by atoms with van der Waals surface area (Å²) < 4.78 is 0. The molecule has 1 aliphatic rings. The smallest absolute Gasteiger partial charge is 0.257 e. The van der Waals surface area contributed by atoms with Crippen LogP contribution in [0.1, 0.15) is 5.56 Å². The fraction of sp³-hybridized carbons (Fsp3) is 0.200. The Balaban J connectivity index is 2.50. The maximum atomic E-state index is 11.5. The number of amides is 1. The molecule has 1 aromatic rings. The topological polar surface area (TPSA) is 45.2 Å². The van der Waals surface area contributed by atoms with Gasteiger partial charge < -0.3 is 10.2 Å². The van der Waals surface area contributed by atoms with Crippen molar-refractivity contribution in [3.8, 4) is 0 Å². The molecule has 2 rings (SSSR count). The fourth-order valence-electron chi connectivity index (χ4n) is 1.42. The van der Waals surface area contributed by atoms with Gasteiger partial charge in [0.25, 0.3) is 5.91 Å². The Morgan fingerprint density at radius 2 is 2.29 bits per heavy atom. The third-order valence-corrected chi connectivity index (χ3v) is 1.99. The number of carbonyl (C=O) groups is 1. The van der Waals surface area contributed by atoms with Crippen LogP contribution in [0.15, 0.2) is 24.7 Å². The van der Waals surface area contributed by atoms with E-state index in [1.165, 1.54) is 0 Å². The monoisotopic (exact) mass is 189 g/mol. The van der Waals surface area contributed by atoms with Crippen molar-refractivity contribution >= 4 is 17.2 Å². The molecule has 0 unspecified atom stereocenters. The van der Waals surface area contributed by atoms with Crippen LogP contribution in [0.3, 0.4) is 0 Å². The van der Waals surface area contributed by atoms with E-state index in [9.17, 15) is 4.79 Å². The predicted molar refractivity (Wildman–Crippen MR) is 54.5 cm³/mol. The Morgan fingerprint density at radius 1 is 1.50 bits per heavy atom. The number of anilines is 1. The molecule has 72 valence electrons. The van der Waals surface area contributed by atoms with Crippen LogP contribution in [-0.2, 0) is 4.79 Å². The molecule has 0 spiro atoms. The first kappa shape index (κ1) is 8.74. The SMILES string of the molecule is CN(C)C=C1C(=O)Nc2ccncc21. The van der Waals surface area contributed by atoms with Gasteiger partial charge >= 0.3 is 0 Å². The van der Waals surface area contributed by atoms with E-state index in [1.54, 1.807) is 24.7 Å². The molecule has 2 heterocycles. The van der Waals surface area contributed by atoms with Gasteiger partial charge in [-0.2, -0.15) is 0 Å². The summed E-state index contributed by atoms with van der Waals surface area (Å²) in [6.07, 6.45) is 5.16. The zero-order valence-corrected chi connectivity index (χ0v) is 8.11. The first-order valence-electron chi connectivity index (χ1n) is 4.32. The maximum Gasteiger partial charge on any atom is 0.257 e. The van der Waals surface area contributed by atoms with Crippen LogP contribution >= 0.6 is 0 Å². The Morgan fingerprint density at radius 3 is 3.00 bits per heavy atom. The minimum atomic E-state index is -0.0679. The summed E-state index contributed by atoms with van der Waals surface area (Å²) in [7, 11) is 3.77. The number of pyridine rings is 1. The Labute approximate surface area is 82.3 Å². The van der Waals surface area contributed by atoms with Crippen molar-refractivity contribution in [2.75, 3.05) is 19.4 Å². The normalized spacial score (nSPS) is 16.7. The van der Waals surface area contributed by atoms with E-state index in [0.29, 0.717) is 5.57 Å². The molecule has 4 heteroatoms. The largest absolute Gasteiger partial charge is 0.383 e. The molecule has 0 radical (unpaired) electrons. The molecular weight excluding hydrogens is 178 g/mol. The zero-order chi connectivity index (χ0) is 10.1. The first-order valence-corrected chi connectivity index (χ1v) is 4.32. The van der Waals surface area contributed by atoms with Crippen LogP contribution in [0.4, 0.5) is 5.69 Å².